The van der Waals surface area contributed by atoms with Crippen LogP contribution in [0.1, 0.15) is 97.8 Å². The minimum atomic E-state index is -1.19. The molecule has 0 spiro atoms. The van der Waals surface area contributed by atoms with E-state index < -0.39 is 30.1 Å². The number of nitrogens with one attached hydrogen (secondary N) is 1. The molecule has 2 saturated heterocycles. The first-order valence-electron chi connectivity index (χ1n) is 14.6. The largest absolute Gasteiger partial charge is 1.00 e. The summed E-state index contributed by atoms with van der Waals surface area (Å²) < 4.78 is 5.21. The maximum atomic E-state index is 14.2. The number of ether oxygens (including phenoxy) is 1. The second-order valence-corrected chi connectivity index (χ2v) is 11.5. The molecule has 4 fully saturated rings. The number of carboxylic acids is 1. The molecule has 38 heavy (non-hydrogen) atoms. The number of amides is 2. The van der Waals surface area contributed by atoms with E-state index in [-0.39, 0.29) is 77.9 Å². The SMILES string of the molecule is CCC[C@H](N[C@@H](C)C(=O)N1[C@H](C(=O)N2[C@H](C(=O)[O-])C[C@@H]3CCCC[C@@H]32)C[C@@H]2CCCC[C@@H]21)C(=O)OCC.[Na+]. The Hall–Kier alpha value is -1.16. The van der Waals surface area contributed by atoms with Crippen molar-refractivity contribution < 1.29 is 58.6 Å². The van der Waals surface area contributed by atoms with Gasteiger partial charge in [-0.3, -0.25) is 19.7 Å². The summed E-state index contributed by atoms with van der Waals surface area (Å²) >= 11 is 0. The van der Waals surface area contributed by atoms with Gasteiger partial charge in [0.1, 0.15) is 12.1 Å². The van der Waals surface area contributed by atoms with Gasteiger partial charge in [-0.2, -0.15) is 0 Å². The number of esters is 1. The summed E-state index contributed by atoms with van der Waals surface area (Å²) in [4.78, 5) is 56.1. The quantitative estimate of drug-likeness (QED) is 0.287. The second-order valence-electron chi connectivity index (χ2n) is 11.5. The minimum Gasteiger partial charge on any atom is -0.548 e. The molecule has 2 heterocycles. The molecular weight excluding hydrogens is 497 g/mol. The zero-order valence-corrected chi connectivity index (χ0v) is 25.7. The average molecular weight is 542 g/mol. The van der Waals surface area contributed by atoms with E-state index in [0.717, 1.165) is 57.8 Å². The van der Waals surface area contributed by atoms with Crippen molar-refractivity contribution >= 4 is 23.8 Å². The zero-order chi connectivity index (χ0) is 26.7. The van der Waals surface area contributed by atoms with Crippen molar-refractivity contribution in [2.75, 3.05) is 6.61 Å². The van der Waals surface area contributed by atoms with Crippen LogP contribution >= 0.6 is 0 Å². The van der Waals surface area contributed by atoms with Gasteiger partial charge in [-0.25, -0.2) is 0 Å². The van der Waals surface area contributed by atoms with Crippen LogP contribution in [-0.4, -0.2) is 76.4 Å². The fourth-order valence-corrected chi connectivity index (χ4v) is 7.55. The molecule has 9 nitrogen and oxygen atoms in total. The van der Waals surface area contributed by atoms with Gasteiger partial charge in [0.25, 0.3) is 0 Å². The summed E-state index contributed by atoms with van der Waals surface area (Å²) in [5, 5.41) is 15.3. The van der Waals surface area contributed by atoms with Crippen LogP contribution in [0.15, 0.2) is 0 Å². The van der Waals surface area contributed by atoms with Crippen molar-refractivity contribution in [3.8, 4) is 0 Å². The van der Waals surface area contributed by atoms with Gasteiger partial charge in [0.2, 0.25) is 11.8 Å². The number of aliphatic carboxylic acids is 1. The molecule has 0 aromatic carbocycles. The molecule has 8 atom stereocenters. The molecule has 0 bridgehead atoms. The van der Waals surface area contributed by atoms with Crippen molar-refractivity contribution in [2.45, 2.75) is 134 Å². The van der Waals surface area contributed by atoms with E-state index >= 15 is 0 Å². The zero-order valence-electron chi connectivity index (χ0n) is 23.7. The fraction of sp³-hybridized carbons (Fsp3) is 0.857. The molecule has 0 aromatic heterocycles. The number of nitrogens with zero attached hydrogens (tertiary/aromatic N) is 2. The summed E-state index contributed by atoms with van der Waals surface area (Å²) in [6.45, 7) is 5.75. The molecule has 0 radical (unpaired) electrons. The Labute approximate surface area is 249 Å². The van der Waals surface area contributed by atoms with Crippen molar-refractivity contribution in [3.05, 3.63) is 0 Å². The Kier molecular flexibility index (Phi) is 11.5. The van der Waals surface area contributed by atoms with Crippen LogP contribution < -0.4 is 40.0 Å². The molecule has 0 aromatic rings. The molecule has 0 unspecified atom stereocenters. The predicted molar refractivity (Wildman–Crippen MR) is 135 cm³/mol. The third-order valence-corrected chi connectivity index (χ3v) is 9.21. The fourth-order valence-electron chi connectivity index (χ4n) is 7.55. The standard InChI is InChI=1S/C28H45N3O6.Na/c1-4-10-20(28(36)37-5-2)29-17(3)25(32)30-21-13-8-6-11-18(21)15-23(30)26(33)31-22-14-9-7-12-19(22)16-24(31)27(34)35;/h17-24,29H,4-16H2,1-3H3,(H,34,35);/q;+1/p-1/t17-,18-,19-,20-,21-,22-,23-,24-;/m0./s1. The molecule has 4 rings (SSSR count). The van der Waals surface area contributed by atoms with Gasteiger partial charge in [0.15, 0.2) is 0 Å². The summed E-state index contributed by atoms with van der Waals surface area (Å²) in [5.74, 6) is -1.56. The maximum Gasteiger partial charge on any atom is 1.00 e. The summed E-state index contributed by atoms with van der Waals surface area (Å²) in [7, 11) is 0. The third-order valence-electron chi connectivity index (χ3n) is 9.21. The Morgan fingerprint density at radius 3 is 2.00 bits per heavy atom. The van der Waals surface area contributed by atoms with E-state index in [2.05, 4.69) is 5.32 Å². The van der Waals surface area contributed by atoms with Crippen LogP contribution in [0.25, 0.3) is 0 Å². The topological polar surface area (TPSA) is 119 Å². The minimum absolute atomic E-state index is 0. The monoisotopic (exact) mass is 541 g/mol. The molecule has 1 N–H and O–H groups in total. The number of rotatable bonds is 9. The van der Waals surface area contributed by atoms with Crippen LogP contribution in [0.2, 0.25) is 0 Å². The molecule has 2 saturated carbocycles. The van der Waals surface area contributed by atoms with E-state index in [4.69, 9.17) is 4.74 Å². The molecule has 10 heteroatoms. The van der Waals surface area contributed by atoms with Crippen molar-refractivity contribution in [3.63, 3.8) is 0 Å². The first kappa shape index (κ1) is 31.4. The van der Waals surface area contributed by atoms with Crippen LogP contribution in [0.4, 0.5) is 0 Å². The smallest absolute Gasteiger partial charge is 0.548 e. The van der Waals surface area contributed by atoms with Crippen LogP contribution in [-0.2, 0) is 23.9 Å². The second kappa shape index (κ2) is 14.0. The van der Waals surface area contributed by atoms with Gasteiger partial charge in [0, 0.05) is 12.1 Å². The number of carboxylic acid groups (broad SMARTS) is 1. The van der Waals surface area contributed by atoms with E-state index in [1.807, 2.05) is 6.92 Å². The number of carbonyl (C=O) groups excluding carboxylic acids is 4. The Bertz CT molecular complexity index is 872. The first-order chi connectivity index (χ1) is 17.8. The van der Waals surface area contributed by atoms with E-state index in [1.165, 1.54) is 0 Å². The van der Waals surface area contributed by atoms with Crippen LogP contribution in [0, 0.1) is 11.8 Å². The summed E-state index contributed by atoms with van der Waals surface area (Å²) in [5.41, 5.74) is 0. The van der Waals surface area contributed by atoms with Crippen molar-refractivity contribution in [1.29, 1.82) is 0 Å². The molecule has 208 valence electrons. The van der Waals surface area contributed by atoms with Crippen molar-refractivity contribution in [1.82, 2.24) is 15.1 Å². The van der Waals surface area contributed by atoms with Gasteiger partial charge in [0.05, 0.1) is 24.7 Å². The summed E-state index contributed by atoms with van der Waals surface area (Å²) in [6.07, 6.45) is 10.0. The normalized spacial score (nSPS) is 32.0. The Morgan fingerprint density at radius 1 is 0.895 bits per heavy atom. The Morgan fingerprint density at radius 2 is 1.45 bits per heavy atom. The van der Waals surface area contributed by atoms with Gasteiger partial charge in [-0.05, 0) is 70.6 Å². The molecule has 2 amide bonds. The molecule has 2 aliphatic carbocycles. The average Bonchev–Trinajstić information content (AvgIpc) is 3.47. The maximum absolute atomic E-state index is 14.2. The van der Waals surface area contributed by atoms with Gasteiger partial charge >= 0.3 is 35.5 Å². The first-order valence-corrected chi connectivity index (χ1v) is 14.6. The van der Waals surface area contributed by atoms with E-state index in [1.54, 1.807) is 23.6 Å². The number of fused-ring (bicyclic) bond motifs is 2. The van der Waals surface area contributed by atoms with Gasteiger partial charge in [-0.1, -0.05) is 39.0 Å². The van der Waals surface area contributed by atoms with E-state index in [9.17, 15) is 24.3 Å². The van der Waals surface area contributed by atoms with E-state index in [0.29, 0.717) is 19.3 Å². The third kappa shape index (κ3) is 6.42. The molecular formula is C28H44N3NaO6. The molecule has 2 aliphatic heterocycles. The van der Waals surface area contributed by atoms with Gasteiger partial charge < -0.3 is 24.4 Å². The Balaban J connectivity index is 0.00000400. The number of hydrogen-bond donors (Lipinski definition) is 1. The number of carbonyl (C=O) groups is 4. The molecule has 4 aliphatic rings. The number of hydrogen-bond acceptors (Lipinski definition) is 7. The van der Waals surface area contributed by atoms with Crippen LogP contribution in [0.3, 0.4) is 0 Å². The summed E-state index contributed by atoms with van der Waals surface area (Å²) in [6, 6.07) is -2.97. The predicted octanol–water partition coefficient (Wildman–Crippen LogP) is -1.23. The van der Waals surface area contributed by atoms with Crippen LogP contribution in [0.5, 0.6) is 0 Å². The number of likely N-dealkylation sites (tertiary alicyclic amines) is 2. The van der Waals surface area contributed by atoms with Crippen molar-refractivity contribution in [2.24, 2.45) is 11.8 Å². The van der Waals surface area contributed by atoms with Gasteiger partial charge in [-0.15, -0.1) is 0 Å².